The van der Waals surface area contributed by atoms with Crippen LogP contribution in [0.1, 0.15) is 23.7 Å². The highest BCUT2D eigenvalue weighted by molar-refractivity contribution is 9.10. The summed E-state index contributed by atoms with van der Waals surface area (Å²) >= 11 is 3.26. The van der Waals surface area contributed by atoms with Crippen molar-refractivity contribution in [1.29, 1.82) is 0 Å². The molecule has 1 rings (SSSR count). The summed E-state index contributed by atoms with van der Waals surface area (Å²) in [7, 11) is 0. The van der Waals surface area contributed by atoms with Gasteiger partial charge >= 0.3 is 5.97 Å². The van der Waals surface area contributed by atoms with Gasteiger partial charge in [-0.15, -0.1) is 0 Å². The van der Waals surface area contributed by atoms with Gasteiger partial charge in [-0.1, -0.05) is 35.0 Å². The van der Waals surface area contributed by atoms with Crippen LogP contribution in [0, 0.1) is 5.92 Å². The Labute approximate surface area is 96.2 Å². The molecule has 0 aromatic heterocycles. The lowest BCUT2D eigenvalue weighted by Gasteiger charge is -2.05. The van der Waals surface area contributed by atoms with Gasteiger partial charge in [-0.05, 0) is 12.1 Å². The molecule has 0 unspecified atom stereocenters. The van der Waals surface area contributed by atoms with E-state index in [1.807, 2.05) is 6.07 Å². The second-order valence-electron chi connectivity index (χ2n) is 3.38. The van der Waals surface area contributed by atoms with Crippen molar-refractivity contribution in [3.05, 3.63) is 34.3 Å². The quantitative estimate of drug-likeness (QED) is 0.856. The minimum Gasteiger partial charge on any atom is -0.481 e. The van der Waals surface area contributed by atoms with Crippen molar-refractivity contribution in [1.82, 2.24) is 0 Å². The van der Waals surface area contributed by atoms with Gasteiger partial charge in [-0.2, -0.15) is 0 Å². The Morgan fingerprint density at radius 3 is 2.67 bits per heavy atom. The normalized spacial score (nSPS) is 12.1. The summed E-state index contributed by atoms with van der Waals surface area (Å²) in [6.07, 6.45) is 0.0335. The fraction of sp³-hybridized carbons (Fsp3) is 0.273. The molecule has 0 saturated carbocycles. The Balaban J connectivity index is 2.73. The summed E-state index contributed by atoms with van der Waals surface area (Å²) in [6.45, 7) is 1.53. The van der Waals surface area contributed by atoms with E-state index in [1.54, 1.807) is 18.2 Å². The van der Waals surface area contributed by atoms with Crippen LogP contribution in [0.25, 0.3) is 0 Å². The smallest absolute Gasteiger partial charge is 0.306 e. The maximum Gasteiger partial charge on any atom is 0.306 e. The van der Waals surface area contributed by atoms with Crippen molar-refractivity contribution in [2.24, 2.45) is 5.92 Å². The molecule has 1 atom stereocenters. The molecule has 15 heavy (non-hydrogen) atoms. The Hall–Kier alpha value is -1.16. The summed E-state index contributed by atoms with van der Waals surface area (Å²) in [6, 6.07) is 6.94. The SMILES string of the molecule is C[C@@H](CC(=O)c1cccc(Br)c1)C(=O)O. The third-order valence-electron chi connectivity index (χ3n) is 2.06. The fourth-order valence-electron chi connectivity index (χ4n) is 1.15. The molecule has 1 N–H and O–H groups in total. The number of ketones is 1. The van der Waals surface area contributed by atoms with Gasteiger partial charge in [0.2, 0.25) is 0 Å². The third-order valence-corrected chi connectivity index (χ3v) is 2.55. The lowest BCUT2D eigenvalue weighted by atomic mass is 10.0. The van der Waals surface area contributed by atoms with Gasteiger partial charge < -0.3 is 5.11 Å². The largest absolute Gasteiger partial charge is 0.481 e. The van der Waals surface area contributed by atoms with Gasteiger partial charge in [0.25, 0.3) is 0 Å². The van der Waals surface area contributed by atoms with Crippen LogP contribution in [0.3, 0.4) is 0 Å². The van der Waals surface area contributed by atoms with Crippen LogP contribution in [-0.4, -0.2) is 16.9 Å². The molecular weight excluding hydrogens is 260 g/mol. The third kappa shape index (κ3) is 3.47. The molecule has 0 aliphatic carbocycles. The lowest BCUT2D eigenvalue weighted by molar-refractivity contribution is -0.141. The van der Waals surface area contributed by atoms with E-state index in [9.17, 15) is 9.59 Å². The molecule has 1 aromatic rings. The summed E-state index contributed by atoms with van der Waals surface area (Å²) in [5.41, 5.74) is 0.539. The van der Waals surface area contributed by atoms with Crippen LogP contribution in [0.15, 0.2) is 28.7 Å². The molecule has 0 amide bonds. The first kappa shape index (κ1) is 11.9. The van der Waals surface area contributed by atoms with Crippen LogP contribution in [-0.2, 0) is 4.79 Å². The monoisotopic (exact) mass is 270 g/mol. The molecule has 0 aliphatic rings. The van der Waals surface area contributed by atoms with Gasteiger partial charge in [0.15, 0.2) is 5.78 Å². The van der Waals surface area contributed by atoms with E-state index in [2.05, 4.69) is 15.9 Å². The van der Waals surface area contributed by atoms with Gasteiger partial charge in [0.05, 0.1) is 5.92 Å². The molecule has 0 saturated heterocycles. The zero-order valence-electron chi connectivity index (χ0n) is 8.24. The number of halogens is 1. The molecule has 3 nitrogen and oxygen atoms in total. The van der Waals surface area contributed by atoms with Gasteiger partial charge in [0, 0.05) is 16.5 Å². The maximum absolute atomic E-state index is 11.6. The van der Waals surface area contributed by atoms with Gasteiger partial charge in [-0.25, -0.2) is 0 Å². The average molecular weight is 271 g/mol. The van der Waals surface area contributed by atoms with E-state index in [0.29, 0.717) is 5.56 Å². The van der Waals surface area contributed by atoms with E-state index in [1.165, 1.54) is 6.92 Å². The van der Waals surface area contributed by atoms with E-state index in [0.717, 1.165) is 4.47 Å². The topological polar surface area (TPSA) is 54.4 Å². The number of carboxylic acids is 1. The molecule has 0 radical (unpaired) electrons. The van der Waals surface area contributed by atoms with E-state index < -0.39 is 11.9 Å². The van der Waals surface area contributed by atoms with Gasteiger partial charge in [-0.3, -0.25) is 9.59 Å². The number of rotatable bonds is 4. The number of carbonyl (C=O) groups is 2. The van der Waals surface area contributed by atoms with Crippen LogP contribution in [0.2, 0.25) is 0 Å². The zero-order chi connectivity index (χ0) is 11.4. The highest BCUT2D eigenvalue weighted by Crippen LogP contribution is 2.15. The van der Waals surface area contributed by atoms with Crippen molar-refractivity contribution in [2.75, 3.05) is 0 Å². The molecule has 0 aliphatic heterocycles. The van der Waals surface area contributed by atoms with Crippen molar-refractivity contribution in [2.45, 2.75) is 13.3 Å². The predicted molar refractivity (Wildman–Crippen MR) is 59.9 cm³/mol. The maximum atomic E-state index is 11.6. The molecule has 0 bridgehead atoms. The number of hydrogen-bond donors (Lipinski definition) is 1. The molecule has 0 spiro atoms. The molecule has 4 heteroatoms. The van der Waals surface area contributed by atoms with Crippen LogP contribution >= 0.6 is 15.9 Å². The number of Topliss-reactive ketones (excluding diaryl/α,β-unsaturated/α-hetero) is 1. The number of benzene rings is 1. The van der Waals surface area contributed by atoms with Crippen LogP contribution in [0.4, 0.5) is 0 Å². The van der Waals surface area contributed by atoms with E-state index >= 15 is 0 Å². The van der Waals surface area contributed by atoms with E-state index in [-0.39, 0.29) is 12.2 Å². The van der Waals surface area contributed by atoms with Crippen LogP contribution < -0.4 is 0 Å². The Morgan fingerprint density at radius 1 is 1.47 bits per heavy atom. The Morgan fingerprint density at radius 2 is 2.13 bits per heavy atom. The summed E-state index contributed by atoms with van der Waals surface area (Å²) in [4.78, 5) is 22.2. The number of hydrogen-bond acceptors (Lipinski definition) is 2. The highest BCUT2D eigenvalue weighted by Gasteiger charge is 2.16. The minimum atomic E-state index is -0.946. The second kappa shape index (κ2) is 5.07. The molecule has 1 aromatic carbocycles. The lowest BCUT2D eigenvalue weighted by Crippen LogP contribution is -2.14. The number of carboxylic acid groups (broad SMARTS) is 1. The first-order valence-electron chi connectivity index (χ1n) is 4.52. The number of carbonyl (C=O) groups excluding carboxylic acids is 1. The fourth-order valence-corrected chi connectivity index (χ4v) is 1.54. The summed E-state index contributed by atoms with van der Waals surface area (Å²) < 4.78 is 0.816. The molecule has 0 heterocycles. The minimum absolute atomic E-state index is 0.0335. The molecule has 0 fully saturated rings. The predicted octanol–water partition coefficient (Wildman–Crippen LogP) is 2.74. The second-order valence-corrected chi connectivity index (χ2v) is 4.29. The highest BCUT2D eigenvalue weighted by atomic mass is 79.9. The Bertz CT molecular complexity index is 387. The first-order chi connectivity index (χ1) is 7.00. The van der Waals surface area contributed by atoms with Gasteiger partial charge in [0.1, 0.15) is 0 Å². The van der Waals surface area contributed by atoms with Crippen molar-refractivity contribution >= 4 is 27.7 Å². The molecular formula is C11H11BrO3. The first-order valence-corrected chi connectivity index (χ1v) is 5.31. The molecule has 80 valence electrons. The van der Waals surface area contributed by atoms with E-state index in [4.69, 9.17) is 5.11 Å². The zero-order valence-corrected chi connectivity index (χ0v) is 9.82. The van der Waals surface area contributed by atoms with Crippen molar-refractivity contribution in [3.63, 3.8) is 0 Å². The van der Waals surface area contributed by atoms with Crippen molar-refractivity contribution in [3.8, 4) is 0 Å². The van der Waals surface area contributed by atoms with Crippen LogP contribution in [0.5, 0.6) is 0 Å². The summed E-state index contributed by atoms with van der Waals surface area (Å²) in [5.74, 6) is -1.74. The average Bonchev–Trinajstić information content (AvgIpc) is 2.17. The standard InChI is InChI=1S/C11H11BrO3/c1-7(11(14)15)5-10(13)8-3-2-4-9(12)6-8/h2-4,6-7H,5H2,1H3,(H,14,15)/t7-/m0/s1. The Kier molecular flexibility index (Phi) is 4.03. The van der Waals surface area contributed by atoms with Crippen molar-refractivity contribution < 1.29 is 14.7 Å². The number of aliphatic carboxylic acids is 1. The summed E-state index contributed by atoms with van der Waals surface area (Å²) in [5, 5.41) is 8.67.